The SMILES string of the molecule is O=C(NC[C@H](c1ccco1)S(=O)(=O)c1ccc(F)cc1)c1cccc([N+](=O)[O-])c1. The standard InChI is InChI=1S/C19H15FN2O6S/c20-14-6-8-16(9-7-14)29(26,27)18(17-5-2-10-28-17)12-21-19(23)13-3-1-4-15(11-13)22(24)25/h1-11,18H,12H2,(H,21,23)/t18-/m1/s1. The number of amides is 1. The molecule has 150 valence electrons. The number of benzene rings is 2. The van der Waals surface area contributed by atoms with E-state index >= 15 is 0 Å². The number of sulfone groups is 1. The minimum atomic E-state index is -4.02. The van der Waals surface area contributed by atoms with Crippen LogP contribution in [0.4, 0.5) is 10.1 Å². The van der Waals surface area contributed by atoms with Crippen LogP contribution in [-0.4, -0.2) is 25.8 Å². The van der Waals surface area contributed by atoms with Gasteiger partial charge in [-0.25, -0.2) is 12.8 Å². The van der Waals surface area contributed by atoms with Crippen molar-refractivity contribution in [3.63, 3.8) is 0 Å². The number of furan rings is 1. The van der Waals surface area contributed by atoms with Gasteiger partial charge in [-0.3, -0.25) is 14.9 Å². The van der Waals surface area contributed by atoms with Crippen LogP contribution in [0.2, 0.25) is 0 Å². The number of hydrogen-bond acceptors (Lipinski definition) is 6. The predicted octanol–water partition coefficient (Wildman–Crippen LogP) is 3.27. The Labute approximate surface area is 165 Å². The van der Waals surface area contributed by atoms with E-state index in [0.29, 0.717) is 0 Å². The Hall–Kier alpha value is -3.53. The molecule has 0 unspecified atom stereocenters. The molecule has 3 aromatic rings. The molecule has 1 atom stereocenters. The van der Waals surface area contributed by atoms with Crippen molar-refractivity contribution in [3.8, 4) is 0 Å². The van der Waals surface area contributed by atoms with Gasteiger partial charge < -0.3 is 9.73 Å². The van der Waals surface area contributed by atoms with Crippen molar-refractivity contribution in [1.82, 2.24) is 5.32 Å². The molecule has 2 aromatic carbocycles. The Bertz CT molecular complexity index is 1130. The van der Waals surface area contributed by atoms with E-state index in [-0.39, 0.29) is 28.5 Å². The van der Waals surface area contributed by atoms with Gasteiger partial charge in [0, 0.05) is 24.2 Å². The molecule has 1 amide bonds. The van der Waals surface area contributed by atoms with Crippen molar-refractivity contribution in [2.45, 2.75) is 10.1 Å². The molecular weight excluding hydrogens is 403 g/mol. The van der Waals surface area contributed by atoms with E-state index in [2.05, 4.69) is 5.32 Å². The number of hydrogen-bond donors (Lipinski definition) is 1. The summed E-state index contributed by atoms with van der Waals surface area (Å²) in [5, 5.41) is 12.1. The van der Waals surface area contributed by atoms with Crippen LogP contribution in [0.1, 0.15) is 21.4 Å². The molecule has 0 bridgehead atoms. The second-order valence-electron chi connectivity index (χ2n) is 6.02. The van der Waals surface area contributed by atoms with Crippen LogP contribution in [-0.2, 0) is 9.84 Å². The van der Waals surface area contributed by atoms with Gasteiger partial charge in [0.2, 0.25) is 0 Å². The third-order valence-electron chi connectivity index (χ3n) is 4.14. The summed E-state index contributed by atoms with van der Waals surface area (Å²) in [6.45, 7) is -0.352. The first kappa shape index (κ1) is 20.2. The smallest absolute Gasteiger partial charge is 0.270 e. The average Bonchev–Trinajstić information content (AvgIpc) is 3.22. The van der Waals surface area contributed by atoms with Crippen molar-refractivity contribution in [3.05, 3.63) is 94.2 Å². The predicted molar refractivity (Wildman–Crippen MR) is 100 cm³/mol. The Kier molecular flexibility index (Phi) is 5.74. The molecule has 0 saturated heterocycles. The van der Waals surface area contributed by atoms with Gasteiger partial charge in [0.1, 0.15) is 16.8 Å². The highest BCUT2D eigenvalue weighted by Crippen LogP contribution is 2.29. The molecule has 0 saturated carbocycles. The lowest BCUT2D eigenvalue weighted by molar-refractivity contribution is -0.384. The zero-order chi connectivity index (χ0) is 21.0. The quantitative estimate of drug-likeness (QED) is 0.357. The summed E-state index contributed by atoms with van der Waals surface area (Å²) >= 11 is 0. The Morgan fingerprint density at radius 1 is 1.14 bits per heavy atom. The molecule has 0 aliphatic rings. The van der Waals surface area contributed by atoms with Crippen LogP contribution < -0.4 is 5.32 Å². The lowest BCUT2D eigenvalue weighted by atomic mass is 10.2. The lowest BCUT2D eigenvalue weighted by Gasteiger charge is -2.16. The average molecular weight is 418 g/mol. The van der Waals surface area contributed by atoms with E-state index in [1.807, 2.05) is 0 Å². The van der Waals surface area contributed by atoms with Crippen molar-refractivity contribution < 1.29 is 26.9 Å². The van der Waals surface area contributed by atoms with Crippen LogP contribution in [0.5, 0.6) is 0 Å². The molecule has 0 radical (unpaired) electrons. The van der Waals surface area contributed by atoms with Gasteiger partial charge in [0.25, 0.3) is 11.6 Å². The molecule has 1 aromatic heterocycles. The summed E-state index contributed by atoms with van der Waals surface area (Å²) in [6.07, 6.45) is 1.30. The molecule has 1 heterocycles. The van der Waals surface area contributed by atoms with Gasteiger partial charge >= 0.3 is 0 Å². The maximum absolute atomic E-state index is 13.2. The third kappa shape index (κ3) is 4.49. The molecule has 8 nitrogen and oxygen atoms in total. The number of rotatable bonds is 7. The highest BCUT2D eigenvalue weighted by Gasteiger charge is 2.32. The van der Waals surface area contributed by atoms with Gasteiger partial charge in [-0.15, -0.1) is 0 Å². The monoisotopic (exact) mass is 418 g/mol. The maximum Gasteiger partial charge on any atom is 0.270 e. The minimum absolute atomic E-state index is 0.0107. The third-order valence-corrected chi connectivity index (χ3v) is 6.22. The maximum atomic E-state index is 13.2. The zero-order valence-corrected chi connectivity index (χ0v) is 15.6. The van der Waals surface area contributed by atoms with Crippen LogP contribution in [0.25, 0.3) is 0 Å². The fraction of sp³-hybridized carbons (Fsp3) is 0.105. The first-order valence-electron chi connectivity index (χ1n) is 8.34. The lowest BCUT2D eigenvalue weighted by Crippen LogP contribution is -2.31. The molecule has 0 aliphatic carbocycles. The molecular formula is C19H15FN2O6S. The topological polar surface area (TPSA) is 120 Å². The normalized spacial score (nSPS) is 12.3. The van der Waals surface area contributed by atoms with E-state index in [0.717, 1.165) is 30.3 Å². The van der Waals surface area contributed by atoms with Gasteiger partial charge in [0.05, 0.1) is 16.1 Å². The van der Waals surface area contributed by atoms with E-state index in [9.17, 15) is 27.7 Å². The van der Waals surface area contributed by atoms with E-state index < -0.39 is 31.7 Å². The van der Waals surface area contributed by atoms with Crippen molar-refractivity contribution in [2.75, 3.05) is 6.54 Å². The highest BCUT2D eigenvalue weighted by molar-refractivity contribution is 7.91. The fourth-order valence-corrected chi connectivity index (χ4v) is 4.26. The number of nitrogens with one attached hydrogen (secondary N) is 1. The van der Waals surface area contributed by atoms with Gasteiger partial charge in [-0.1, -0.05) is 6.07 Å². The van der Waals surface area contributed by atoms with Crippen molar-refractivity contribution in [2.24, 2.45) is 0 Å². The van der Waals surface area contributed by atoms with Gasteiger partial charge in [0.15, 0.2) is 9.84 Å². The van der Waals surface area contributed by atoms with Crippen LogP contribution in [0.3, 0.4) is 0 Å². The number of nitro benzene ring substituents is 1. The molecule has 10 heteroatoms. The molecule has 0 aliphatic heterocycles. The summed E-state index contributed by atoms with van der Waals surface area (Å²) in [6, 6.07) is 12.3. The Balaban J connectivity index is 1.86. The van der Waals surface area contributed by atoms with Crippen LogP contribution in [0, 0.1) is 15.9 Å². The summed E-state index contributed by atoms with van der Waals surface area (Å²) < 4.78 is 44.4. The Morgan fingerprint density at radius 3 is 2.48 bits per heavy atom. The number of halogens is 1. The van der Waals surface area contributed by atoms with Crippen molar-refractivity contribution in [1.29, 1.82) is 0 Å². The summed E-state index contributed by atoms with van der Waals surface area (Å²) in [5.41, 5.74) is -0.254. The van der Waals surface area contributed by atoms with E-state index in [4.69, 9.17) is 4.42 Å². The van der Waals surface area contributed by atoms with E-state index in [1.165, 1.54) is 36.6 Å². The van der Waals surface area contributed by atoms with Crippen molar-refractivity contribution >= 4 is 21.4 Å². The van der Waals surface area contributed by atoms with Gasteiger partial charge in [-0.05, 0) is 42.5 Å². The molecule has 0 fully saturated rings. The number of nitrogens with zero attached hydrogens (tertiary/aromatic N) is 1. The van der Waals surface area contributed by atoms with Gasteiger partial charge in [-0.2, -0.15) is 0 Å². The minimum Gasteiger partial charge on any atom is -0.468 e. The molecule has 0 spiro atoms. The zero-order valence-electron chi connectivity index (χ0n) is 14.8. The second-order valence-corrected chi connectivity index (χ2v) is 8.15. The fourth-order valence-electron chi connectivity index (χ4n) is 2.67. The Morgan fingerprint density at radius 2 is 1.86 bits per heavy atom. The summed E-state index contributed by atoms with van der Waals surface area (Å²) in [5.74, 6) is -1.18. The molecule has 3 rings (SSSR count). The highest BCUT2D eigenvalue weighted by atomic mass is 32.2. The first-order valence-corrected chi connectivity index (χ1v) is 9.89. The largest absolute Gasteiger partial charge is 0.468 e. The van der Waals surface area contributed by atoms with Crippen LogP contribution in [0.15, 0.2) is 76.2 Å². The number of non-ortho nitro benzene ring substituents is 1. The second kappa shape index (κ2) is 8.23. The first-order chi connectivity index (χ1) is 13.8. The molecule has 1 N–H and O–H groups in total. The number of carbonyl (C=O) groups is 1. The summed E-state index contributed by atoms with van der Waals surface area (Å²) in [4.78, 5) is 22.5. The van der Waals surface area contributed by atoms with Crippen LogP contribution >= 0.6 is 0 Å². The number of nitro groups is 1. The summed E-state index contributed by atoms with van der Waals surface area (Å²) in [7, 11) is -4.02. The number of carbonyl (C=O) groups excluding carboxylic acids is 1. The molecule has 29 heavy (non-hydrogen) atoms. The van der Waals surface area contributed by atoms with E-state index in [1.54, 1.807) is 0 Å².